The molecule has 2 amide bonds. The first kappa shape index (κ1) is 16.8. The van der Waals surface area contributed by atoms with E-state index >= 15 is 0 Å². The maximum Gasteiger partial charge on any atom is 0.319 e. The number of urea groups is 1. The molecule has 0 atom stereocenters. The van der Waals surface area contributed by atoms with Crippen molar-refractivity contribution in [2.45, 2.75) is 32.7 Å². The fourth-order valence-electron chi connectivity index (χ4n) is 2.37. The number of anilines is 1. The standard InChI is InChI=1S/C18H23N3O2/c1-2-15-9-3-4-10-16(15)20-18(23)19-12-6-8-14-21-13-7-5-11-17(21)22/h3-5,7,9-11,13H,2,6,8,12,14H2,1H3,(H2,19,20,23). The maximum absolute atomic E-state index is 11.9. The zero-order valence-electron chi connectivity index (χ0n) is 13.4. The molecule has 0 saturated carbocycles. The molecule has 0 radical (unpaired) electrons. The summed E-state index contributed by atoms with van der Waals surface area (Å²) in [5.74, 6) is 0. The predicted molar refractivity (Wildman–Crippen MR) is 92.8 cm³/mol. The van der Waals surface area contributed by atoms with Crippen LogP contribution in [0.2, 0.25) is 0 Å². The van der Waals surface area contributed by atoms with Gasteiger partial charge in [0.15, 0.2) is 0 Å². The number of para-hydroxylation sites is 1. The van der Waals surface area contributed by atoms with Gasteiger partial charge in [-0.15, -0.1) is 0 Å². The average Bonchev–Trinajstić information content (AvgIpc) is 2.56. The van der Waals surface area contributed by atoms with Crippen LogP contribution in [0.1, 0.15) is 25.3 Å². The molecule has 0 aliphatic rings. The first-order valence-corrected chi connectivity index (χ1v) is 7.99. The van der Waals surface area contributed by atoms with Crippen LogP contribution in [0, 0.1) is 0 Å². The van der Waals surface area contributed by atoms with Gasteiger partial charge in [-0.1, -0.05) is 31.2 Å². The van der Waals surface area contributed by atoms with Gasteiger partial charge in [0.25, 0.3) is 0 Å². The van der Waals surface area contributed by atoms with Gasteiger partial charge in [0.1, 0.15) is 0 Å². The van der Waals surface area contributed by atoms with E-state index in [0.717, 1.165) is 30.5 Å². The highest BCUT2D eigenvalue weighted by Gasteiger charge is 2.04. The Morgan fingerprint density at radius 3 is 2.65 bits per heavy atom. The van der Waals surface area contributed by atoms with Gasteiger partial charge in [0.2, 0.25) is 5.56 Å². The van der Waals surface area contributed by atoms with Gasteiger partial charge in [-0.05, 0) is 37.0 Å². The normalized spacial score (nSPS) is 10.3. The van der Waals surface area contributed by atoms with Crippen molar-refractivity contribution in [3.05, 3.63) is 64.6 Å². The molecular weight excluding hydrogens is 290 g/mol. The highest BCUT2D eigenvalue weighted by Crippen LogP contribution is 2.14. The largest absolute Gasteiger partial charge is 0.338 e. The first-order valence-electron chi connectivity index (χ1n) is 7.99. The van der Waals surface area contributed by atoms with Crippen LogP contribution in [0.4, 0.5) is 10.5 Å². The topological polar surface area (TPSA) is 63.1 Å². The molecule has 122 valence electrons. The third-order valence-corrected chi connectivity index (χ3v) is 3.66. The Hall–Kier alpha value is -2.56. The van der Waals surface area contributed by atoms with Crippen LogP contribution in [-0.4, -0.2) is 17.1 Å². The number of benzene rings is 1. The summed E-state index contributed by atoms with van der Waals surface area (Å²) in [6.07, 6.45) is 4.33. The Labute approximate surface area is 136 Å². The minimum absolute atomic E-state index is 0.00868. The van der Waals surface area contributed by atoms with Gasteiger partial charge in [0.05, 0.1) is 0 Å². The lowest BCUT2D eigenvalue weighted by atomic mass is 10.1. The van der Waals surface area contributed by atoms with E-state index in [0.29, 0.717) is 13.1 Å². The first-order chi connectivity index (χ1) is 11.2. The number of amides is 2. The molecule has 2 aromatic rings. The van der Waals surface area contributed by atoms with Gasteiger partial charge >= 0.3 is 6.03 Å². The van der Waals surface area contributed by atoms with Crippen molar-refractivity contribution >= 4 is 11.7 Å². The van der Waals surface area contributed by atoms with E-state index in [1.807, 2.05) is 30.3 Å². The lowest BCUT2D eigenvalue weighted by Gasteiger charge is -2.11. The fourth-order valence-corrected chi connectivity index (χ4v) is 2.37. The van der Waals surface area contributed by atoms with Gasteiger partial charge in [-0.25, -0.2) is 4.79 Å². The van der Waals surface area contributed by atoms with Crippen LogP contribution in [0.15, 0.2) is 53.5 Å². The van der Waals surface area contributed by atoms with Crippen molar-refractivity contribution in [3.63, 3.8) is 0 Å². The molecule has 1 heterocycles. The molecule has 0 fully saturated rings. The Kier molecular flexibility index (Phi) is 6.41. The number of unbranched alkanes of at least 4 members (excludes halogenated alkanes) is 1. The minimum Gasteiger partial charge on any atom is -0.338 e. The molecule has 2 N–H and O–H groups in total. The molecule has 5 heteroatoms. The number of carbonyl (C=O) groups is 1. The summed E-state index contributed by atoms with van der Waals surface area (Å²) in [6, 6.07) is 12.7. The van der Waals surface area contributed by atoms with Crippen molar-refractivity contribution in [3.8, 4) is 0 Å². The van der Waals surface area contributed by atoms with Crippen molar-refractivity contribution < 1.29 is 4.79 Å². The molecule has 23 heavy (non-hydrogen) atoms. The number of pyridine rings is 1. The highest BCUT2D eigenvalue weighted by molar-refractivity contribution is 5.90. The summed E-state index contributed by atoms with van der Waals surface area (Å²) < 4.78 is 1.68. The number of carbonyl (C=O) groups excluding carboxylic acids is 1. The van der Waals surface area contributed by atoms with Crippen LogP contribution in [0.3, 0.4) is 0 Å². The number of nitrogens with zero attached hydrogens (tertiary/aromatic N) is 1. The summed E-state index contributed by atoms with van der Waals surface area (Å²) in [5, 5.41) is 5.72. The molecule has 0 aliphatic carbocycles. The molecule has 0 saturated heterocycles. The average molecular weight is 313 g/mol. The van der Waals surface area contributed by atoms with Gasteiger partial charge < -0.3 is 15.2 Å². The van der Waals surface area contributed by atoms with E-state index in [-0.39, 0.29) is 11.6 Å². The predicted octanol–water partition coefficient (Wildman–Crippen LogP) is 3.01. The smallest absolute Gasteiger partial charge is 0.319 e. The van der Waals surface area contributed by atoms with Crippen LogP contribution in [-0.2, 0) is 13.0 Å². The monoisotopic (exact) mass is 313 g/mol. The van der Waals surface area contributed by atoms with E-state index in [4.69, 9.17) is 0 Å². The third-order valence-electron chi connectivity index (χ3n) is 3.66. The van der Waals surface area contributed by atoms with Crippen LogP contribution in [0.5, 0.6) is 0 Å². The molecule has 1 aromatic carbocycles. The number of hydrogen-bond acceptors (Lipinski definition) is 2. The Morgan fingerprint density at radius 1 is 1.09 bits per heavy atom. The quantitative estimate of drug-likeness (QED) is 0.772. The Balaban J connectivity index is 1.69. The summed E-state index contributed by atoms with van der Waals surface area (Å²) in [7, 11) is 0. The number of rotatable bonds is 7. The molecule has 5 nitrogen and oxygen atoms in total. The molecular formula is C18H23N3O2. The van der Waals surface area contributed by atoms with Crippen molar-refractivity contribution in [2.24, 2.45) is 0 Å². The van der Waals surface area contributed by atoms with Crippen molar-refractivity contribution in [1.29, 1.82) is 0 Å². The fraction of sp³-hybridized carbons (Fsp3) is 0.333. The minimum atomic E-state index is -0.192. The zero-order chi connectivity index (χ0) is 16.5. The van der Waals surface area contributed by atoms with Crippen LogP contribution in [0.25, 0.3) is 0 Å². The number of aryl methyl sites for hydroxylation is 2. The van der Waals surface area contributed by atoms with Crippen molar-refractivity contribution in [1.82, 2.24) is 9.88 Å². The molecule has 2 rings (SSSR count). The van der Waals surface area contributed by atoms with Gasteiger partial charge in [-0.3, -0.25) is 4.79 Å². The molecule has 0 bridgehead atoms. The second-order valence-electron chi connectivity index (χ2n) is 5.33. The van der Waals surface area contributed by atoms with Crippen molar-refractivity contribution in [2.75, 3.05) is 11.9 Å². The maximum atomic E-state index is 11.9. The summed E-state index contributed by atoms with van der Waals surface area (Å²) in [4.78, 5) is 23.4. The number of hydrogen-bond donors (Lipinski definition) is 2. The Bertz CT molecular complexity index is 694. The van der Waals surface area contributed by atoms with E-state index in [1.165, 1.54) is 0 Å². The van der Waals surface area contributed by atoms with E-state index in [9.17, 15) is 9.59 Å². The van der Waals surface area contributed by atoms with Crippen LogP contribution >= 0.6 is 0 Å². The third kappa shape index (κ3) is 5.29. The van der Waals surface area contributed by atoms with E-state index < -0.39 is 0 Å². The number of nitrogens with one attached hydrogen (secondary N) is 2. The van der Waals surface area contributed by atoms with Crippen LogP contribution < -0.4 is 16.2 Å². The second-order valence-corrected chi connectivity index (χ2v) is 5.33. The molecule has 0 spiro atoms. The summed E-state index contributed by atoms with van der Waals surface area (Å²) >= 11 is 0. The molecule has 1 aromatic heterocycles. The second kappa shape index (κ2) is 8.78. The number of aromatic nitrogens is 1. The van der Waals surface area contributed by atoms with E-state index in [1.54, 1.807) is 22.9 Å². The lowest BCUT2D eigenvalue weighted by Crippen LogP contribution is -2.30. The van der Waals surface area contributed by atoms with E-state index in [2.05, 4.69) is 17.6 Å². The highest BCUT2D eigenvalue weighted by atomic mass is 16.2. The summed E-state index contributed by atoms with van der Waals surface area (Å²) in [5.41, 5.74) is 1.98. The SMILES string of the molecule is CCc1ccccc1NC(=O)NCCCCn1ccccc1=O. The molecule has 0 aliphatic heterocycles. The Morgan fingerprint density at radius 2 is 1.87 bits per heavy atom. The molecule has 0 unspecified atom stereocenters. The zero-order valence-corrected chi connectivity index (χ0v) is 13.4. The lowest BCUT2D eigenvalue weighted by molar-refractivity contribution is 0.252. The van der Waals surface area contributed by atoms with Gasteiger partial charge in [-0.2, -0.15) is 0 Å². The summed E-state index contributed by atoms with van der Waals surface area (Å²) in [6.45, 7) is 3.31. The van der Waals surface area contributed by atoms with Gasteiger partial charge in [0, 0.05) is 31.0 Å².